The van der Waals surface area contributed by atoms with Crippen LogP contribution in [0.4, 0.5) is 0 Å². The molecule has 0 bridgehead atoms. The van der Waals surface area contributed by atoms with Crippen molar-refractivity contribution in [2.75, 3.05) is 25.1 Å². The van der Waals surface area contributed by atoms with Gasteiger partial charge >= 0.3 is 0 Å². The zero-order valence-electron chi connectivity index (χ0n) is 11.0. The lowest BCUT2D eigenvalue weighted by Crippen LogP contribution is -2.25. The van der Waals surface area contributed by atoms with Crippen molar-refractivity contribution in [1.29, 1.82) is 0 Å². The normalized spacial score (nSPS) is 13.9. The molecule has 0 aromatic heterocycles. The average molecular weight is 249 g/mol. The number of nitrogens with one attached hydrogen (secondary N) is 1. The van der Waals surface area contributed by atoms with E-state index in [0.29, 0.717) is 5.75 Å². The van der Waals surface area contributed by atoms with E-state index in [1.165, 1.54) is 31.9 Å². The van der Waals surface area contributed by atoms with E-state index in [1.54, 1.807) is 0 Å². The summed E-state index contributed by atoms with van der Waals surface area (Å²) >= 11 is 0. The van der Waals surface area contributed by atoms with Crippen LogP contribution in [0.5, 0.6) is 0 Å². The molecule has 1 atom stereocenters. The summed E-state index contributed by atoms with van der Waals surface area (Å²) in [6, 6.07) is 0. The maximum atomic E-state index is 10.9. The molecule has 0 radical (unpaired) electrons. The molecule has 0 rings (SSSR count). The first-order chi connectivity index (χ1) is 7.49. The Kier molecular flexibility index (Phi) is 8.94. The van der Waals surface area contributed by atoms with Crippen LogP contribution < -0.4 is 5.32 Å². The first-order valence-electron chi connectivity index (χ1n) is 6.38. The third-order valence-electron chi connectivity index (χ3n) is 2.84. The summed E-state index contributed by atoms with van der Waals surface area (Å²) in [5.41, 5.74) is 0. The lowest BCUT2D eigenvalue weighted by atomic mass is 9.99. The van der Waals surface area contributed by atoms with Crippen LogP contribution in [0.3, 0.4) is 0 Å². The lowest BCUT2D eigenvalue weighted by Gasteiger charge is -2.15. The molecule has 1 N–H and O–H groups in total. The Morgan fingerprint density at radius 1 is 1.19 bits per heavy atom. The van der Waals surface area contributed by atoms with Gasteiger partial charge in [0.2, 0.25) is 0 Å². The molecule has 3 nitrogen and oxygen atoms in total. The fraction of sp³-hybridized carbons (Fsp3) is 1.00. The van der Waals surface area contributed by atoms with E-state index < -0.39 is 9.84 Å². The molecular weight excluding hydrogens is 222 g/mol. The van der Waals surface area contributed by atoms with Gasteiger partial charge in [-0.3, -0.25) is 0 Å². The van der Waals surface area contributed by atoms with Crippen molar-refractivity contribution in [2.24, 2.45) is 5.92 Å². The number of unbranched alkanes of at least 4 members (excludes halogenated alkanes) is 1. The molecule has 16 heavy (non-hydrogen) atoms. The van der Waals surface area contributed by atoms with Gasteiger partial charge in [0, 0.05) is 6.26 Å². The number of hydrogen-bond donors (Lipinski definition) is 1. The zero-order chi connectivity index (χ0) is 12.4. The summed E-state index contributed by atoms with van der Waals surface area (Å²) in [5, 5.41) is 3.35. The fourth-order valence-corrected chi connectivity index (χ4v) is 2.38. The SMILES string of the molecule is CCCCC(CC)CNCCCS(C)(=O)=O. The minimum absolute atomic E-state index is 0.297. The molecule has 4 heteroatoms. The quantitative estimate of drug-likeness (QED) is 0.604. The van der Waals surface area contributed by atoms with Gasteiger partial charge in [-0.1, -0.05) is 33.1 Å². The Morgan fingerprint density at radius 3 is 2.38 bits per heavy atom. The van der Waals surface area contributed by atoms with E-state index in [1.807, 2.05) is 0 Å². The smallest absolute Gasteiger partial charge is 0.147 e. The third-order valence-corrected chi connectivity index (χ3v) is 3.88. The van der Waals surface area contributed by atoms with Crippen molar-refractivity contribution in [3.63, 3.8) is 0 Å². The van der Waals surface area contributed by atoms with Crippen LogP contribution in [0.25, 0.3) is 0 Å². The topological polar surface area (TPSA) is 46.2 Å². The van der Waals surface area contributed by atoms with Crippen molar-refractivity contribution in [3.8, 4) is 0 Å². The van der Waals surface area contributed by atoms with Crippen LogP contribution in [-0.4, -0.2) is 33.5 Å². The zero-order valence-corrected chi connectivity index (χ0v) is 11.8. The van der Waals surface area contributed by atoms with E-state index in [2.05, 4.69) is 19.2 Å². The van der Waals surface area contributed by atoms with Crippen LogP contribution in [0, 0.1) is 5.92 Å². The number of sulfone groups is 1. The molecule has 0 saturated carbocycles. The van der Waals surface area contributed by atoms with Crippen molar-refractivity contribution < 1.29 is 8.42 Å². The number of rotatable bonds is 10. The second kappa shape index (κ2) is 8.99. The van der Waals surface area contributed by atoms with E-state index >= 15 is 0 Å². The molecule has 0 amide bonds. The monoisotopic (exact) mass is 249 g/mol. The van der Waals surface area contributed by atoms with Gasteiger partial charge in [0.15, 0.2) is 0 Å². The fourth-order valence-electron chi connectivity index (χ4n) is 1.71. The van der Waals surface area contributed by atoms with Crippen LogP contribution in [0.1, 0.15) is 46.0 Å². The Bertz CT molecular complexity index is 250. The summed E-state index contributed by atoms with van der Waals surface area (Å²) in [6.07, 6.45) is 7.06. The van der Waals surface area contributed by atoms with Gasteiger partial charge in [-0.15, -0.1) is 0 Å². The van der Waals surface area contributed by atoms with Crippen molar-refractivity contribution >= 4 is 9.84 Å². The summed E-state index contributed by atoms with van der Waals surface area (Å²) < 4.78 is 21.8. The average Bonchev–Trinajstić information content (AvgIpc) is 2.20. The molecule has 0 heterocycles. The first-order valence-corrected chi connectivity index (χ1v) is 8.44. The van der Waals surface area contributed by atoms with E-state index in [4.69, 9.17) is 0 Å². The highest BCUT2D eigenvalue weighted by Crippen LogP contribution is 2.10. The Labute approximate surface area is 101 Å². The number of hydrogen-bond acceptors (Lipinski definition) is 3. The molecule has 0 aliphatic heterocycles. The van der Waals surface area contributed by atoms with Crippen LogP contribution in [0.15, 0.2) is 0 Å². The summed E-state index contributed by atoms with van der Waals surface area (Å²) in [5.74, 6) is 1.05. The Morgan fingerprint density at radius 2 is 1.88 bits per heavy atom. The van der Waals surface area contributed by atoms with Gasteiger partial charge < -0.3 is 5.32 Å². The maximum absolute atomic E-state index is 10.9. The Balaban J connectivity index is 3.48. The second-order valence-electron chi connectivity index (χ2n) is 4.60. The van der Waals surface area contributed by atoms with E-state index in [9.17, 15) is 8.42 Å². The van der Waals surface area contributed by atoms with Gasteiger partial charge in [-0.25, -0.2) is 8.42 Å². The molecule has 0 aromatic carbocycles. The van der Waals surface area contributed by atoms with Gasteiger partial charge in [-0.2, -0.15) is 0 Å². The molecule has 0 saturated heterocycles. The standard InChI is InChI=1S/C12H27NO2S/c1-4-6-8-12(5-2)11-13-9-7-10-16(3,14)15/h12-13H,4-11H2,1-3H3. The predicted molar refractivity (Wildman–Crippen MR) is 70.5 cm³/mol. The first kappa shape index (κ1) is 15.9. The highest BCUT2D eigenvalue weighted by Gasteiger charge is 2.05. The van der Waals surface area contributed by atoms with Gasteiger partial charge in [0.1, 0.15) is 9.84 Å². The molecule has 0 aromatic rings. The molecule has 98 valence electrons. The van der Waals surface area contributed by atoms with E-state index in [-0.39, 0.29) is 0 Å². The molecule has 0 fully saturated rings. The van der Waals surface area contributed by atoms with Crippen LogP contribution in [0.2, 0.25) is 0 Å². The maximum Gasteiger partial charge on any atom is 0.147 e. The molecule has 1 unspecified atom stereocenters. The minimum atomic E-state index is -2.78. The molecular formula is C12H27NO2S. The molecule has 0 aliphatic rings. The summed E-state index contributed by atoms with van der Waals surface area (Å²) in [7, 11) is -2.78. The third kappa shape index (κ3) is 10.4. The van der Waals surface area contributed by atoms with Gasteiger partial charge in [-0.05, 0) is 31.8 Å². The van der Waals surface area contributed by atoms with Gasteiger partial charge in [0.25, 0.3) is 0 Å². The van der Waals surface area contributed by atoms with Crippen molar-refractivity contribution in [1.82, 2.24) is 5.32 Å². The largest absolute Gasteiger partial charge is 0.316 e. The minimum Gasteiger partial charge on any atom is -0.316 e. The highest BCUT2D eigenvalue weighted by molar-refractivity contribution is 7.90. The van der Waals surface area contributed by atoms with Crippen LogP contribution >= 0.6 is 0 Å². The van der Waals surface area contributed by atoms with Crippen molar-refractivity contribution in [2.45, 2.75) is 46.0 Å². The second-order valence-corrected chi connectivity index (χ2v) is 6.86. The summed E-state index contributed by atoms with van der Waals surface area (Å²) in [6.45, 7) is 6.28. The van der Waals surface area contributed by atoms with Crippen LogP contribution in [-0.2, 0) is 9.84 Å². The van der Waals surface area contributed by atoms with E-state index in [0.717, 1.165) is 25.4 Å². The Hall–Kier alpha value is -0.0900. The van der Waals surface area contributed by atoms with Gasteiger partial charge in [0.05, 0.1) is 5.75 Å². The lowest BCUT2D eigenvalue weighted by molar-refractivity contribution is 0.420. The predicted octanol–water partition coefficient (Wildman–Crippen LogP) is 2.23. The highest BCUT2D eigenvalue weighted by atomic mass is 32.2. The summed E-state index contributed by atoms with van der Waals surface area (Å²) in [4.78, 5) is 0. The molecule has 0 aliphatic carbocycles. The molecule has 0 spiro atoms. The van der Waals surface area contributed by atoms with Crippen molar-refractivity contribution in [3.05, 3.63) is 0 Å².